The molecule has 3 aromatic rings. The van der Waals surface area contributed by atoms with Gasteiger partial charge in [-0.1, -0.05) is 92.6 Å². The van der Waals surface area contributed by atoms with Crippen LogP contribution < -0.4 is 0 Å². The number of unbranched alkanes of at least 4 members (excludes halogenated alkanes) is 2. The Balaban J connectivity index is 1.72. The lowest BCUT2D eigenvalue weighted by Crippen LogP contribution is -1.86. The monoisotopic (exact) mass is 328 g/mol. The Labute approximate surface area is 150 Å². The van der Waals surface area contributed by atoms with E-state index in [1.165, 1.54) is 42.4 Å². The quantitative estimate of drug-likeness (QED) is 0.354. The minimum Gasteiger partial charge on any atom is -0.298 e. The Kier molecular flexibility index (Phi) is 5.79. The van der Waals surface area contributed by atoms with Crippen LogP contribution in [0, 0.1) is 0 Å². The van der Waals surface area contributed by atoms with Gasteiger partial charge in [-0.05, 0) is 40.7 Å². The standard InChI is InChI=1S/C24H24O/c1-2-3-4-5-19-6-10-21(11-7-19)23-14-16-24(17-15-23)22-12-8-20(18-25)9-13-22/h6-18H,2-5H2,1H3. The van der Waals surface area contributed by atoms with Crippen molar-refractivity contribution in [3.63, 3.8) is 0 Å². The van der Waals surface area contributed by atoms with Crippen molar-refractivity contribution in [1.29, 1.82) is 0 Å². The van der Waals surface area contributed by atoms with Gasteiger partial charge in [0.2, 0.25) is 0 Å². The van der Waals surface area contributed by atoms with Gasteiger partial charge in [0.25, 0.3) is 0 Å². The van der Waals surface area contributed by atoms with E-state index in [4.69, 9.17) is 0 Å². The van der Waals surface area contributed by atoms with Gasteiger partial charge in [0.1, 0.15) is 6.29 Å². The van der Waals surface area contributed by atoms with Gasteiger partial charge in [-0.2, -0.15) is 0 Å². The molecule has 0 radical (unpaired) electrons. The molecular formula is C24H24O. The molecule has 0 atom stereocenters. The van der Waals surface area contributed by atoms with Gasteiger partial charge in [0, 0.05) is 5.56 Å². The van der Waals surface area contributed by atoms with E-state index in [1.807, 2.05) is 24.3 Å². The van der Waals surface area contributed by atoms with E-state index in [2.05, 4.69) is 55.5 Å². The van der Waals surface area contributed by atoms with Crippen LogP contribution in [0.2, 0.25) is 0 Å². The number of aryl methyl sites for hydroxylation is 1. The van der Waals surface area contributed by atoms with Crippen molar-refractivity contribution in [3.05, 3.63) is 83.9 Å². The van der Waals surface area contributed by atoms with Crippen molar-refractivity contribution in [2.75, 3.05) is 0 Å². The summed E-state index contributed by atoms with van der Waals surface area (Å²) < 4.78 is 0. The maximum absolute atomic E-state index is 10.8. The minimum absolute atomic E-state index is 0.708. The maximum atomic E-state index is 10.8. The van der Waals surface area contributed by atoms with E-state index >= 15 is 0 Å². The van der Waals surface area contributed by atoms with Gasteiger partial charge in [-0.15, -0.1) is 0 Å². The first kappa shape index (κ1) is 17.2. The Hall–Kier alpha value is -2.67. The van der Waals surface area contributed by atoms with Crippen molar-refractivity contribution < 1.29 is 4.79 Å². The Bertz CT molecular complexity index is 796. The highest BCUT2D eigenvalue weighted by Gasteiger charge is 2.01. The predicted octanol–water partition coefficient (Wildman–Crippen LogP) is 6.57. The molecule has 0 unspecified atom stereocenters. The first-order valence-corrected chi connectivity index (χ1v) is 9.05. The average molecular weight is 328 g/mol. The van der Waals surface area contributed by atoms with Crippen molar-refractivity contribution in [2.45, 2.75) is 32.6 Å². The molecule has 1 heteroatoms. The van der Waals surface area contributed by atoms with Gasteiger partial charge in [-0.25, -0.2) is 0 Å². The summed E-state index contributed by atoms with van der Waals surface area (Å²) in [6, 6.07) is 25.2. The average Bonchev–Trinajstić information content (AvgIpc) is 2.69. The Morgan fingerprint density at radius 3 is 1.52 bits per heavy atom. The molecule has 0 spiro atoms. The first-order chi connectivity index (χ1) is 12.3. The van der Waals surface area contributed by atoms with Gasteiger partial charge in [-0.3, -0.25) is 4.79 Å². The molecule has 0 N–H and O–H groups in total. The van der Waals surface area contributed by atoms with Crippen LogP contribution in [0.5, 0.6) is 0 Å². The summed E-state index contributed by atoms with van der Waals surface area (Å²) in [7, 11) is 0. The number of hydrogen-bond acceptors (Lipinski definition) is 1. The summed E-state index contributed by atoms with van der Waals surface area (Å²) in [5, 5.41) is 0. The molecule has 0 aromatic heterocycles. The molecule has 0 aliphatic rings. The van der Waals surface area contributed by atoms with Gasteiger partial charge >= 0.3 is 0 Å². The number of benzene rings is 3. The van der Waals surface area contributed by atoms with E-state index in [1.54, 1.807) is 0 Å². The van der Waals surface area contributed by atoms with E-state index in [0.29, 0.717) is 5.56 Å². The Morgan fingerprint density at radius 2 is 1.08 bits per heavy atom. The minimum atomic E-state index is 0.708. The van der Waals surface area contributed by atoms with E-state index in [-0.39, 0.29) is 0 Å². The largest absolute Gasteiger partial charge is 0.298 e. The molecule has 0 fully saturated rings. The zero-order valence-corrected chi connectivity index (χ0v) is 14.7. The SMILES string of the molecule is CCCCCc1ccc(-c2ccc(-c3ccc(C=O)cc3)cc2)cc1. The molecule has 25 heavy (non-hydrogen) atoms. The maximum Gasteiger partial charge on any atom is 0.150 e. The van der Waals surface area contributed by atoms with E-state index in [9.17, 15) is 4.79 Å². The topological polar surface area (TPSA) is 17.1 Å². The number of hydrogen-bond donors (Lipinski definition) is 0. The second-order valence-corrected chi connectivity index (χ2v) is 6.47. The van der Waals surface area contributed by atoms with Crippen LogP contribution in [-0.2, 0) is 6.42 Å². The predicted molar refractivity (Wildman–Crippen MR) is 106 cm³/mol. The molecule has 1 nitrogen and oxygen atoms in total. The molecule has 126 valence electrons. The molecule has 0 aliphatic heterocycles. The highest BCUT2D eigenvalue weighted by atomic mass is 16.1. The molecule has 0 heterocycles. The van der Waals surface area contributed by atoms with Crippen molar-refractivity contribution >= 4 is 6.29 Å². The molecule has 0 aliphatic carbocycles. The third-order valence-electron chi connectivity index (χ3n) is 4.62. The fraction of sp³-hybridized carbons (Fsp3) is 0.208. The molecule has 0 saturated heterocycles. The van der Waals surface area contributed by atoms with Crippen LogP contribution in [0.1, 0.15) is 42.1 Å². The first-order valence-electron chi connectivity index (χ1n) is 9.05. The number of carbonyl (C=O) groups is 1. The summed E-state index contributed by atoms with van der Waals surface area (Å²) in [5.74, 6) is 0. The summed E-state index contributed by atoms with van der Waals surface area (Å²) in [4.78, 5) is 10.8. The van der Waals surface area contributed by atoms with E-state index in [0.717, 1.165) is 17.4 Å². The normalized spacial score (nSPS) is 10.6. The zero-order valence-electron chi connectivity index (χ0n) is 14.7. The number of rotatable bonds is 7. The number of carbonyl (C=O) groups excluding carboxylic acids is 1. The number of aldehydes is 1. The van der Waals surface area contributed by atoms with Crippen molar-refractivity contribution in [2.24, 2.45) is 0 Å². The third kappa shape index (κ3) is 4.45. The van der Waals surface area contributed by atoms with Crippen LogP contribution >= 0.6 is 0 Å². The molecule has 0 saturated carbocycles. The summed E-state index contributed by atoms with van der Waals surface area (Å²) in [6.45, 7) is 2.24. The Morgan fingerprint density at radius 1 is 0.640 bits per heavy atom. The summed E-state index contributed by atoms with van der Waals surface area (Å²) >= 11 is 0. The highest BCUT2D eigenvalue weighted by Crippen LogP contribution is 2.25. The van der Waals surface area contributed by atoms with Gasteiger partial charge in [0.15, 0.2) is 0 Å². The smallest absolute Gasteiger partial charge is 0.150 e. The van der Waals surface area contributed by atoms with Crippen LogP contribution in [0.4, 0.5) is 0 Å². The molecule has 3 rings (SSSR count). The third-order valence-corrected chi connectivity index (χ3v) is 4.62. The lowest BCUT2D eigenvalue weighted by Gasteiger charge is -2.07. The lowest BCUT2D eigenvalue weighted by molar-refractivity contribution is 0.112. The van der Waals surface area contributed by atoms with Crippen LogP contribution in [-0.4, -0.2) is 6.29 Å². The van der Waals surface area contributed by atoms with Crippen LogP contribution in [0.15, 0.2) is 72.8 Å². The van der Waals surface area contributed by atoms with Crippen LogP contribution in [0.25, 0.3) is 22.3 Å². The molecule has 0 amide bonds. The second kappa shape index (κ2) is 8.43. The fourth-order valence-corrected chi connectivity index (χ4v) is 3.05. The van der Waals surface area contributed by atoms with Gasteiger partial charge < -0.3 is 0 Å². The molecule has 3 aromatic carbocycles. The van der Waals surface area contributed by atoms with Crippen molar-refractivity contribution in [3.8, 4) is 22.3 Å². The molecular weight excluding hydrogens is 304 g/mol. The van der Waals surface area contributed by atoms with Crippen molar-refractivity contribution in [1.82, 2.24) is 0 Å². The fourth-order valence-electron chi connectivity index (χ4n) is 3.05. The van der Waals surface area contributed by atoms with E-state index < -0.39 is 0 Å². The summed E-state index contributed by atoms with van der Waals surface area (Å²) in [6.07, 6.45) is 5.88. The zero-order chi connectivity index (χ0) is 17.5. The lowest BCUT2D eigenvalue weighted by atomic mass is 9.98. The van der Waals surface area contributed by atoms with Gasteiger partial charge in [0.05, 0.1) is 0 Å². The second-order valence-electron chi connectivity index (χ2n) is 6.47. The summed E-state index contributed by atoms with van der Waals surface area (Å²) in [5.41, 5.74) is 6.90. The highest BCUT2D eigenvalue weighted by molar-refractivity contribution is 5.77. The molecule has 0 bridgehead atoms. The van der Waals surface area contributed by atoms with Crippen LogP contribution in [0.3, 0.4) is 0 Å².